The van der Waals surface area contributed by atoms with Crippen molar-refractivity contribution in [3.63, 3.8) is 0 Å². The van der Waals surface area contributed by atoms with Crippen molar-refractivity contribution in [3.8, 4) is 5.75 Å². The quantitative estimate of drug-likeness (QED) is 0.269. The largest absolute Gasteiger partial charge is 0.489 e. The molecule has 0 radical (unpaired) electrons. The van der Waals surface area contributed by atoms with Crippen LogP contribution < -0.4 is 15.4 Å². The van der Waals surface area contributed by atoms with Gasteiger partial charge in [-0.1, -0.05) is 42.5 Å². The standard InChI is InChI=1S/C23H29N5O.HI/c1-18-6-4-5-7-22(18)29-19(2)14-26-23(24-3)27-15-20-8-10-21(11-9-20)16-28-13-12-25-17-28;/h4-13,17,19H,14-16H2,1-3H3,(H2,24,26,27);1H. The molecule has 1 aromatic heterocycles. The number of rotatable bonds is 8. The number of hydrogen-bond donors (Lipinski definition) is 2. The number of hydrogen-bond acceptors (Lipinski definition) is 3. The molecular formula is C23H30IN5O. The van der Waals surface area contributed by atoms with Crippen LogP contribution in [-0.2, 0) is 13.1 Å². The smallest absolute Gasteiger partial charge is 0.191 e. The topological polar surface area (TPSA) is 63.5 Å². The van der Waals surface area contributed by atoms with Crippen molar-refractivity contribution in [1.82, 2.24) is 20.2 Å². The van der Waals surface area contributed by atoms with Gasteiger partial charge >= 0.3 is 0 Å². The third-order valence-corrected chi connectivity index (χ3v) is 4.61. The van der Waals surface area contributed by atoms with E-state index in [2.05, 4.69) is 62.4 Å². The third-order valence-electron chi connectivity index (χ3n) is 4.61. The Kier molecular flexibility index (Phi) is 9.66. The maximum Gasteiger partial charge on any atom is 0.191 e. The fourth-order valence-corrected chi connectivity index (χ4v) is 2.95. The van der Waals surface area contributed by atoms with Crippen LogP contribution in [0.2, 0.25) is 0 Å². The highest BCUT2D eigenvalue weighted by Crippen LogP contribution is 2.17. The first-order valence-corrected chi connectivity index (χ1v) is 9.84. The number of halogens is 1. The highest BCUT2D eigenvalue weighted by atomic mass is 127. The highest BCUT2D eigenvalue weighted by molar-refractivity contribution is 14.0. The van der Waals surface area contributed by atoms with E-state index in [0.717, 1.165) is 23.8 Å². The molecule has 0 aliphatic carbocycles. The minimum atomic E-state index is 0. The van der Waals surface area contributed by atoms with Crippen molar-refractivity contribution in [1.29, 1.82) is 0 Å². The van der Waals surface area contributed by atoms with Crippen molar-refractivity contribution < 1.29 is 4.74 Å². The summed E-state index contributed by atoms with van der Waals surface area (Å²) in [6.45, 7) is 6.30. The molecule has 0 bridgehead atoms. The van der Waals surface area contributed by atoms with Crippen molar-refractivity contribution in [3.05, 3.63) is 83.9 Å². The van der Waals surface area contributed by atoms with E-state index in [1.54, 1.807) is 13.2 Å². The van der Waals surface area contributed by atoms with Gasteiger partial charge in [0, 0.05) is 32.5 Å². The van der Waals surface area contributed by atoms with Gasteiger partial charge in [0.25, 0.3) is 0 Å². The number of aromatic nitrogens is 2. The summed E-state index contributed by atoms with van der Waals surface area (Å²) in [6.07, 6.45) is 5.62. The second-order valence-electron chi connectivity index (χ2n) is 7.05. The van der Waals surface area contributed by atoms with Crippen molar-refractivity contribution in [2.45, 2.75) is 33.0 Å². The molecule has 30 heavy (non-hydrogen) atoms. The van der Waals surface area contributed by atoms with Crippen LogP contribution >= 0.6 is 24.0 Å². The summed E-state index contributed by atoms with van der Waals surface area (Å²) in [5, 5.41) is 6.67. The van der Waals surface area contributed by atoms with Gasteiger partial charge in [-0.2, -0.15) is 0 Å². The Morgan fingerprint density at radius 3 is 2.50 bits per heavy atom. The van der Waals surface area contributed by atoms with E-state index in [1.807, 2.05) is 37.6 Å². The number of nitrogens with zero attached hydrogens (tertiary/aromatic N) is 3. The lowest BCUT2D eigenvalue weighted by Crippen LogP contribution is -2.41. The minimum absolute atomic E-state index is 0. The number of aryl methyl sites for hydroxylation is 1. The molecule has 6 nitrogen and oxygen atoms in total. The number of imidazole rings is 1. The summed E-state index contributed by atoms with van der Waals surface area (Å²) in [4.78, 5) is 8.37. The average Bonchev–Trinajstić information content (AvgIpc) is 3.24. The molecule has 0 aliphatic rings. The van der Waals surface area contributed by atoms with Gasteiger partial charge in [-0.25, -0.2) is 4.98 Å². The Hall–Kier alpha value is -2.55. The first-order valence-electron chi connectivity index (χ1n) is 9.84. The van der Waals surface area contributed by atoms with Gasteiger partial charge in [0.05, 0.1) is 12.9 Å². The summed E-state index contributed by atoms with van der Waals surface area (Å²) < 4.78 is 8.06. The lowest BCUT2D eigenvalue weighted by Gasteiger charge is -2.19. The van der Waals surface area contributed by atoms with Gasteiger partial charge in [-0.3, -0.25) is 4.99 Å². The number of benzene rings is 2. The van der Waals surface area contributed by atoms with Crippen molar-refractivity contribution in [2.24, 2.45) is 4.99 Å². The molecule has 0 aliphatic heterocycles. The average molecular weight is 519 g/mol. The number of guanidine groups is 1. The molecule has 0 spiro atoms. The van der Waals surface area contributed by atoms with E-state index in [0.29, 0.717) is 13.1 Å². The molecule has 0 saturated carbocycles. The first kappa shape index (κ1) is 23.7. The van der Waals surface area contributed by atoms with Gasteiger partial charge in [-0.15, -0.1) is 24.0 Å². The molecule has 1 heterocycles. The van der Waals surface area contributed by atoms with Crippen LogP contribution in [0.4, 0.5) is 0 Å². The second-order valence-corrected chi connectivity index (χ2v) is 7.05. The molecule has 3 rings (SSSR count). The van der Waals surface area contributed by atoms with Gasteiger partial charge in [0.1, 0.15) is 11.9 Å². The summed E-state index contributed by atoms with van der Waals surface area (Å²) in [6, 6.07) is 16.6. The molecule has 0 fully saturated rings. The number of para-hydroxylation sites is 1. The van der Waals surface area contributed by atoms with E-state index >= 15 is 0 Å². The summed E-state index contributed by atoms with van der Waals surface area (Å²) >= 11 is 0. The zero-order valence-corrected chi connectivity index (χ0v) is 20.0. The number of aliphatic imine (C=N–C) groups is 1. The van der Waals surface area contributed by atoms with Crippen LogP contribution in [0.15, 0.2) is 72.2 Å². The fourth-order valence-electron chi connectivity index (χ4n) is 2.95. The number of ether oxygens (including phenoxy) is 1. The summed E-state index contributed by atoms with van der Waals surface area (Å²) in [5.41, 5.74) is 3.58. The second kappa shape index (κ2) is 12.2. The van der Waals surface area contributed by atoms with E-state index in [9.17, 15) is 0 Å². The maximum atomic E-state index is 6.01. The molecule has 7 heteroatoms. The SMILES string of the molecule is CN=C(NCc1ccc(Cn2ccnc2)cc1)NCC(C)Oc1ccccc1C.I. The highest BCUT2D eigenvalue weighted by Gasteiger charge is 2.07. The molecule has 160 valence electrons. The first-order chi connectivity index (χ1) is 14.1. The molecular weight excluding hydrogens is 489 g/mol. The van der Waals surface area contributed by atoms with Crippen molar-refractivity contribution >= 4 is 29.9 Å². The molecule has 1 atom stereocenters. The predicted molar refractivity (Wildman–Crippen MR) is 133 cm³/mol. The fraction of sp³-hybridized carbons (Fsp3) is 0.304. The van der Waals surface area contributed by atoms with Crippen LogP contribution in [0.25, 0.3) is 0 Å². The molecule has 0 saturated heterocycles. The van der Waals surface area contributed by atoms with Crippen molar-refractivity contribution in [2.75, 3.05) is 13.6 Å². The van der Waals surface area contributed by atoms with Crippen LogP contribution in [0.1, 0.15) is 23.6 Å². The molecule has 3 aromatic rings. The molecule has 2 aromatic carbocycles. The van der Waals surface area contributed by atoms with Crippen LogP contribution in [0.5, 0.6) is 5.75 Å². The van der Waals surface area contributed by atoms with E-state index in [-0.39, 0.29) is 30.1 Å². The zero-order chi connectivity index (χ0) is 20.5. The van der Waals surface area contributed by atoms with E-state index in [1.165, 1.54) is 11.1 Å². The van der Waals surface area contributed by atoms with E-state index < -0.39 is 0 Å². The zero-order valence-electron chi connectivity index (χ0n) is 17.7. The van der Waals surface area contributed by atoms with E-state index in [4.69, 9.17) is 4.74 Å². The Morgan fingerprint density at radius 2 is 1.83 bits per heavy atom. The Balaban J connectivity index is 0.00000320. The lowest BCUT2D eigenvalue weighted by molar-refractivity contribution is 0.222. The molecule has 2 N–H and O–H groups in total. The maximum absolute atomic E-state index is 6.01. The monoisotopic (exact) mass is 519 g/mol. The van der Waals surface area contributed by atoms with Crippen LogP contribution in [-0.4, -0.2) is 35.2 Å². The number of nitrogens with one attached hydrogen (secondary N) is 2. The van der Waals surface area contributed by atoms with Gasteiger partial charge in [-0.05, 0) is 36.6 Å². The lowest BCUT2D eigenvalue weighted by atomic mass is 10.1. The predicted octanol–water partition coefficient (Wildman–Crippen LogP) is 3.99. The third kappa shape index (κ3) is 7.37. The minimum Gasteiger partial charge on any atom is -0.489 e. The summed E-state index contributed by atoms with van der Waals surface area (Å²) in [5.74, 6) is 1.67. The Labute approximate surface area is 195 Å². The van der Waals surface area contributed by atoms with Gasteiger partial charge in [0.15, 0.2) is 5.96 Å². The Morgan fingerprint density at radius 1 is 1.10 bits per heavy atom. The molecule has 1 unspecified atom stereocenters. The Bertz CT molecular complexity index is 910. The summed E-state index contributed by atoms with van der Waals surface area (Å²) in [7, 11) is 1.77. The van der Waals surface area contributed by atoms with Gasteiger partial charge < -0.3 is 19.9 Å². The van der Waals surface area contributed by atoms with Crippen LogP contribution in [0.3, 0.4) is 0 Å². The van der Waals surface area contributed by atoms with Gasteiger partial charge in [0.2, 0.25) is 0 Å². The molecule has 0 amide bonds. The normalized spacial score (nSPS) is 12.0. The van der Waals surface area contributed by atoms with Crippen LogP contribution in [0, 0.1) is 6.92 Å².